The molecule has 3 rings (SSSR count). The molecule has 0 aliphatic carbocycles. The van der Waals surface area contributed by atoms with Gasteiger partial charge in [-0.1, -0.05) is 0 Å². The molecule has 11 heteroatoms. The molecule has 0 bridgehead atoms. The number of hydrogen-bond donors (Lipinski definition) is 0. The van der Waals surface area contributed by atoms with Crippen molar-refractivity contribution >= 4 is 33.6 Å². The normalized spacial score (nSPS) is 16.3. The third-order valence-corrected chi connectivity index (χ3v) is 5.29. The number of alkyl halides is 3. The van der Waals surface area contributed by atoms with Crippen LogP contribution in [0.5, 0.6) is 0 Å². The molecule has 2 heterocycles. The number of nitriles is 1. The summed E-state index contributed by atoms with van der Waals surface area (Å²) in [6.45, 7) is 3.81. The molecule has 3 amide bonds. The molecular weight excluding hydrogens is 467 g/mol. The van der Waals surface area contributed by atoms with Crippen LogP contribution in [-0.4, -0.2) is 38.7 Å². The van der Waals surface area contributed by atoms with Crippen LogP contribution >= 0.6 is 15.9 Å². The Morgan fingerprint density at radius 2 is 1.93 bits per heavy atom. The lowest BCUT2D eigenvalue weighted by Gasteiger charge is -2.27. The second-order valence-corrected chi connectivity index (χ2v) is 8.16. The van der Waals surface area contributed by atoms with Crippen molar-refractivity contribution in [2.24, 2.45) is 0 Å². The molecule has 1 aliphatic rings. The standard InChI is InChI=1S/C19H17BrF3N5O2/c1-18(2)16(29)28(14-5-4-12(9-24)15(8-14)19(21,22)23)17(30)27(18)7-3-6-26-11-13(20)10-25-26/h4-5,8,10-11H,3,6-7H2,1-2H3. The molecule has 1 aromatic carbocycles. The second-order valence-electron chi connectivity index (χ2n) is 7.25. The SMILES string of the molecule is CC1(C)C(=O)N(c2ccc(C#N)c(C(F)(F)F)c2)C(=O)N1CCCn1cc(Br)cn1. The molecule has 0 saturated carbocycles. The van der Waals surface area contributed by atoms with E-state index in [2.05, 4.69) is 21.0 Å². The van der Waals surface area contributed by atoms with Crippen molar-refractivity contribution in [2.75, 3.05) is 11.4 Å². The maximum absolute atomic E-state index is 13.3. The van der Waals surface area contributed by atoms with Crippen molar-refractivity contribution in [1.29, 1.82) is 5.26 Å². The summed E-state index contributed by atoms with van der Waals surface area (Å²) in [4.78, 5) is 27.9. The Morgan fingerprint density at radius 3 is 2.50 bits per heavy atom. The van der Waals surface area contributed by atoms with Gasteiger partial charge in [0.2, 0.25) is 0 Å². The van der Waals surface area contributed by atoms with E-state index in [1.54, 1.807) is 30.9 Å². The number of benzene rings is 1. The molecule has 30 heavy (non-hydrogen) atoms. The van der Waals surface area contributed by atoms with Crippen LogP contribution < -0.4 is 4.90 Å². The summed E-state index contributed by atoms with van der Waals surface area (Å²) >= 11 is 3.29. The van der Waals surface area contributed by atoms with Crippen LogP contribution in [0.25, 0.3) is 0 Å². The largest absolute Gasteiger partial charge is 0.417 e. The predicted octanol–water partition coefficient (Wildman–Crippen LogP) is 4.17. The average Bonchev–Trinajstić information content (AvgIpc) is 3.15. The highest BCUT2D eigenvalue weighted by Gasteiger charge is 2.51. The third kappa shape index (κ3) is 3.92. The van der Waals surface area contributed by atoms with E-state index >= 15 is 0 Å². The van der Waals surface area contributed by atoms with E-state index in [-0.39, 0.29) is 12.2 Å². The fraction of sp³-hybridized carbons (Fsp3) is 0.368. The second kappa shape index (κ2) is 7.75. The number of hydrogen-bond acceptors (Lipinski definition) is 4. The molecule has 2 aromatic rings. The van der Waals surface area contributed by atoms with Crippen LogP contribution in [0.3, 0.4) is 0 Å². The van der Waals surface area contributed by atoms with Crippen LogP contribution in [-0.2, 0) is 17.5 Å². The van der Waals surface area contributed by atoms with Crippen LogP contribution in [0.4, 0.5) is 23.7 Å². The Labute approximate surface area is 178 Å². The summed E-state index contributed by atoms with van der Waals surface area (Å²) in [5.41, 5.74) is -3.22. The molecule has 7 nitrogen and oxygen atoms in total. The van der Waals surface area contributed by atoms with Gasteiger partial charge in [-0.2, -0.15) is 23.5 Å². The fourth-order valence-corrected chi connectivity index (χ4v) is 3.62. The Morgan fingerprint density at radius 1 is 1.23 bits per heavy atom. The molecule has 0 atom stereocenters. The summed E-state index contributed by atoms with van der Waals surface area (Å²) < 4.78 is 42.4. The topological polar surface area (TPSA) is 82.2 Å². The molecule has 1 aromatic heterocycles. The van der Waals surface area contributed by atoms with E-state index in [4.69, 9.17) is 5.26 Å². The first kappa shape index (κ1) is 21.8. The van der Waals surface area contributed by atoms with Crippen molar-refractivity contribution in [3.63, 3.8) is 0 Å². The quantitative estimate of drug-likeness (QED) is 0.597. The lowest BCUT2D eigenvalue weighted by atomic mass is 10.0. The van der Waals surface area contributed by atoms with E-state index in [1.807, 2.05) is 0 Å². The van der Waals surface area contributed by atoms with E-state index < -0.39 is 34.8 Å². The molecule has 1 aliphatic heterocycles. The minimum absolute atomic E-state index is 0.216. The number of amides is 3. The van der Waals surface area contributed by atoms with E-state index in [0.29, 0.717) is 19.0 Å². The van der Waals surface area contributed by atoms with Crippen LogP contribution in [0.2, 0.25) is 0 Å². The Balaban J connectivity index is 1.85. The minimum Gasteiger partial charge on any atom is -0.310 e. The number of imide groups is 1. The number of aromatic nitrogens is 2. The van der Waals surface area contributed by atoms with Gasteiger partial charge in [0.15, 0.2) is 0 Å². The van der Waals surface area contributed by atoms with Gasteiger partial charge in [-0.3, -0.25) is 9.48 Å². The summed E-state index contributed by atoms with van der Waals surface area (Å²) in [6.07, 6.45) is -0.908. The highest BCUT2D eigenvalue weighted by molar-refractivity contribution is 9.10. The van der Waals surface area contributed by atoms with Crippen molar-refractivity contribution in [3.05, 3.63) is 46.2 Å². The summed E-state index contributed by atoms with van der Waals surface area (Å²) in [6, 6.07) is 3.57. The fourth-order valence-electron chi connectivity index (χ4n) is 3.29. The van der Waals surface area contributed by atoms with E-state index in [0.717, 1.165) is 15.4 Å². The van der Waals surface area contributed by atoms with E-state index in [1.165, 1.54) is 17.0 Å². The summed E-state index contributed by atoms with van der Waals surface area (Å²) in [7, 11) is 0. The maximum Gasteiger partial charge on any atom is 0.417 e. The zero-order chi connectivity index (χ0) is 22.3. The van der Waals surface area contributed by atoms with Gasteiger partial charge in [-0.15, -0.1) is 0 Å². The number of aryl methyl sites for hydroxylation is 1. The molecule has 158 valence electrons. The number of anilines is 1. The van der Waals surface area contributed by atoms with Crippen molar-refractivity contribution in [2.45, 2.75) is 38.5 Å². The first-order valence-electron chi connectivity index (χ1n) is 8.92. The average molecular weight is 484 g/mol. The predicted molar refractivity (Wildman–Crippen MR) is 104 cm³/mol. The summed E-state index contributed by atoms with van der Waals surface area (Å²) in [5, 5.41) is 13.1. The van der Waals surface area contributed by atoms with Crippen molar-refractivity contribution in [3.8, 4) is 6.07 Å². The molecule has 1 saturated heterocycles. The lowest BCUT2D eigenvalue weighted by Crippen LogP contribution is -2.44. The number of nitrogens with zero attached hydrogens (tertiary/aromatic N) is 5. The third-order valence-electron chi connectivity index (χ3n) is 4.88. The van der Waals surface area contributed by atoms with Gasteiger partial charge in [-0.05, 0) is 54.4 Å². The van der Waals surface area contributed by atoms with Gasteiger partial charge < -0.3 is 4.90 Å². The number of carbonyl (C=O) groups excluding carboxylic acids is 2. The number of carbonyl (C=O) groups is 2. The van der Waals surface area contributed by atoms with Gasteiger partial charge in [-0.25, -0.2) is 9.69 Å². The van der Waals surface area contributed by atoms with Crippen LogP contribution in [0.15, 0.2) is 35.1 Å². The Bertz CT molecular complexity index is 1040. The smallest absolute Gasteiger partial charge is 0.310 e. The first-order valence-corrected chi connectivity index (χ1v) is 9.71. The molecule has 0 radical (unpaired) electrons. The van der Waals surface area contributed by atoms with Gasteiger partial charge in [0.25, 0.3) is 5.91 Å². The van der Waals surface area contributed by atoms with Gasteiger partial charge in [0.05, 0.1) is 33.6 Å². The molecule has 0 spiro atoms. The molecule has 0 unspecified atom stereocenters. The van der Waals surface area contributed by atoms with Crippen LogP contribution in [0.1, 0.15) is 31.4 Å². The van der Waals surface area contributed by atoms with Crippen molar-refractivity contribution < 1.29 is 22.8 Å². The highest BCUT2D eigenvalue weighted by atomic mass is 79.9. The lowest BCUT2D eigenvalue weighted by molar-refractivity contribution is -0.137. The molecular formula is C19H17BrF3N5O2. The van der Waals surface area contributed by atoms with Crippen LogP contribution in [0, 0.1) is 11.3 Å². The Kier molecular flexibility index (Phi) is 5.64. The van der Waals surface area contributed by atoms with Gasteiger partial charge in [0.1, 0.15) is 5.54 Å². The van der Waals surface area contributed by atoms with Gasteiger partial charge >= 0.3 is 12.2 Å². The molecule has 1 fully saturated rings. The maximum atomic E-state index is 13.3. The monoisotopic (exact) mass is 483 g/mol. The van der Waals surface area contributed by atoms with Gasteiger partial charge in [0, 0.05) is 19.3 Å². The summed E-state index contributed by atoms with van der Waals surface area (Å²) in [5.74, 6) is -0.632. The van der Waals surface area contributed by atoms with Crippen molar-refractivity contribution in [1.82, 2.24) is 14.7 Å². The highest BCUT2D eigenvalue weighted by Crippen LogP contribution is 2.37. The zero-order valence-corrected chi connectivity index (χ0v) is 17.7. The Hall–Kier alpha value is -2.87. The number of halogens is 4. The number of rotatable bonds is 5. The number of urea groups is 1. The minimum atomic E-state index is -4.79. The zero-order valence-electron chi connectivity index (χ0n) is 16.1. The van der Waals surface area contributed by atoms with E-state index in [9.17, 15) is 22.8 Å². The molecule has 0 N–H and O–H groups in total. The first-order chi connectivity index (χ1) is 14.0.